The number of aromatic nitrogens is 1. The van der Waals surface area contributed by atoms with E-state index in [1.807, 2.05) is 50.2 Å². The molecular weight excluding hydrogens is 340 g/mol. The van der Waals surface area contributed by atoms with Crippen LogP contribution in [0.4, 0.5) is 0 Å². The number of pyridine rings is 1. The van der Waals surface area contributed by atoms with Crippen LogP contribution in [0.1, 0.15) is 27.0 Å². The van der Waals surface area contributed by atoms with Gasteiger partial charge in [0.2, 0.25) is 0 Å². The van der Waals surface area contributed by atoms with E-state index >= 15 is 0 Å². The minimum Gasteiger partial charge on any atom is -0.467 e. The molecule has 0 radical (unpaired) electrons. The Morgan fingerprint density at radius 3 is 2.41 bits per heavy atom. The summed E-state index contributed by atoms with van der Waals surface area (Å²) in [7, 11) is 1.33. The summed E-state index contributed by atoms with van der Waals surface area (Å²) in [4.78, 5) is 29.5. The number of hydrogen-bond acceptors (Lipinski definition) is 4. The molecule has 138 valence electrons. The highest BCUT2D eigenvalue weighted by atomic mass is 16.5. The molecule has 0 fully saturated rings. The van der Waals surface area contributed by atoms with Crippen LogP contribution in [0.15, 0.2) is 54.7 Å². The monoisotopic (exact) mass is 362 g/mol. The fourth-order valence-electron chi connectivity index (χ4n) is 3.23. The van der Waals surface area contributed by atoms with Crippen LogP contribution >= 0.6 is 0 Å². The number of hydrogen-bond donors (Lipinski definition) is 1. The summed E-state index contributed by atoms with van der Waals surface area (Å²) in [5.41, 5.74) is 4.22. The third-order valence-electron chi connectivity index (χ3n) is 4.72. The standard InChI is InChI=1S/C22H22N2O3/c1-14-7-4-8-15(2)18(14)13-19(22(26)27-3)24-21(25)17-11-5-9-16-10-6-12-23-20(16)17/h4-12,19H,13H2,1-3H3,(H,24,25)/t19-/m0/s1. The fraction of sp³-hybridized carbons (Fsp3) is 0.227. The summed E-state index contributed by atoms with van der Waals surface area (Å²) in [6.07, 6.45) is 2.02. The van der Waals surface area contributed by atoms with Crippen molar-refractivity contribution in [3.05, 3.63) is 77.0 Å². The number of amides is 1. The van der Waals surface area contributed by atoms with Crippen LogP contribution in [0.3, 0.4) is 0 Å². The van der Waals surface area contributed by atoms with E-state index in [1.54, 1.807) is 18.3 Å². The van der Waals surface area contributed by atoms with E-state index in [4.69, 9.17) is 4.74 Å². The first-order chi connectivity index (χ1) is 13.0. The van der Waals surface area contributed by atoms with E-state index < -0.39 is 12.0 Å². The molecule has 0 aliphatic carbocycles. The van der Waals surface area contributed by atoms with Gasteiger partial charge in [-0.3, -0.25) is 9.78 Å². The Balaban J connectivity index is 1.90. The second-order valence-corrected chi connectivity index (χ2v) is 6.50. The third kappa shape index (κ3) is 3.97. The summed E-state index contributed by atoms with van der Waals surface area (Å²) >= 11 is 0. The van der Waals surface area contributed by atoms with Crippen LogP contribution in [-0.4, -0.2) is 30.0 Å². The minimum atomic E-state index is -0.777. The van der Waals surface area contributed by atoms with Crippen LogP contribution in [0.2, 0.25) is 0 Å². The number of carbonyl (C=O) groups excluding carboxylic acids is 2. The van der Waals surface area contributed by atoms with Gasteiger partial charge in [-0.05, 0) is 42.7 Å². The molecule has 1 amide bonds. The Morgan fingerprint density at radius 1 is 1.04 bits per heavy atom. The number of para-hydroxylation sites is 1. The highest BCUT2D eigenvalue weighted by molar-refractivity contribution is 6.06. The Bertz CT molecular complexity index is 972. The van der Waals surface area contributed by atoms with E-state index in [2.05, 4.69) is 10.3 Å². The predicted octanol–water partition coefficient (Wildman–Crippen LogP) is 3.37. The number of rotatable bonds is 5. The Labute approximate surface area is 158 Å². The van der Waals surface area contributed by atoms with Crippen molar-refractivity contribution >= 4 is 22.8 Å². The highest BCUT2D eigenvalue weighted by Crippen LogP contribution is 2.18. The predicted molar refractivity (Wildman–Crippen MR) is 105 cm³/mol. The summed E-state index contributed by atoms with van der Waals surface area (Å²) in [5.74, 6) is -0.819. The zero-order valence-corrected chi connectivity index (χ0v) is 15.7. The molecule has 5 heteroatoms. The molecule has 1 aromatic heterocycles. The Hall–Kier alpha value is -3.21. The molecule has 3 aromatic rings. The lowest BCUT2D eigenvalue weighted by Crippen LogP contribution is -2.43. The maximum absolute atomic E-state index is 12.9. The first-order valence-electron chi connectivity index (χ1n) is 8.78. The molecule has 0 bridgehead atoms. The molecule has 1 heterocycles. The van der Waals surface area contributed by atoms with Crippen molar-refractivity contribution in [3.8, 4) is 0 Å². The van der Waals surface area contributed by atoms with Crippen molar-refractivity contribution in [2.45, 2.75) is 26.3 Å². The number of ether oxygens (including phenoxy) is 1. The minimum absolute atomic E-state index is 0.346. The van der Waals surface area contributed by atoms with Gasteiger partial charge in [0.1, 0.15) is 6.04 Å². The number of nitrogens with one attached hydrogen (secondary N) is 1. The smallest absolute Gasteiger partial charge is 0.328 e. The van der Waals surface area contributed by atoms with Crippen molar-refractivity contribution < 1.29 is 14.3 Å². The molecule has 0 aliphatic heterocycles. The van der Waals surface area contributed by atoms with Crippen LogP contribution in [-0.2, 0) is 16.0 Å². The number of aryl methyl sites for hydroxylation is 2. The Morgan fingerprint density at radius 2 is 1.70 bits per heavy atom. The second kappa shape index (κ2) is 7.99. The first-order valence-corrected chi connectivity index (χ1v) is 8.78. The zero-order valence-electron chi connectivity index (χ0n) is 15.7. The number of nitrogens with zero attached hydrogens (tertiary/aromatic N) is 1. The van der Waals surface area contributed by atoms with E-state index in [0.717, 1.165) is 22.1 Å². The van der Waals surface area contributed by atoms with E-state index in [-0.39, 0.29) is 5.91 Å². The summed E-state index contributed by atoms with van der Waals surface area (Å²) < 4.78 is 4.92. The molecule has 3 rings (SSSR count). The van der Waals surface area contributed by atoms with E-state index in [9.17, 15) is 9.59 Å². The largest absolute Gasteiger partial charge is 0.467 e. The lowest BCUT2D eigenvalue weighted by molar-refractivity contribution is -0.142. The van der Waals surface area contributed by atoms with Crippen LogP contribution < -0.4 is 5.32 Å². The molecule has 0 spiro atoms. The molecule has 2 aromatic carbocycles. The molecule has 1 atom stereocenters. The summed E-state index contributed by atoms with van der Waals surface area (Å²) in [6, 6.07) is 14.3. The van der Waals surface area contributed by atoms with Gasteiger partial charge in [-0.1, -0.05) is 36.4 Å². The van der Waals surface area contributed by atoms with E-state index in [1.165, 1.54) is 7.11 Å². The zero-order chi connectivity index (χ0) is 19.4. The molecule has 27 heavy (non-hydrogen) atoms. The molecule has 0 aliphatic rings. The van der Waals surface area contributed by atoms with Crippen LogP contribution in [0, 0.1) is 13.8 Å². The Kier molecular flexibility index (Phi) is 5.50. The maximum Gasteiger partial charge on any atom is 0.328 e. The fourth-order valence-corrected chi connectivity index (χ4v) is 3.23. The molecule has 0 saturated heterocycles. The normalized spacial score (nSPS) is 11.8. The van der Waals surface area contributed by atoms with Gasteiger partial charge in [0.05, 0.1) is 18.2 Å². The second-order valence-electron chi connectivity index (χ2n) is 6.50. The lowest BCUT2D eigenvalue weighted by Gasteiger charge is -2.19. The highest BCUT2D eigenvalue weighted by Gasteiger charge is 2.24. The summed E-state index contributed by atoms with van der Waals surface area (Å²) in [6.45, 7) is 3.99. The molecule has 0 unspecified atom stereocenters. The van der Waals surface area contributed by atoms with Gasteiger partial charge in [-0.15, -0.1) is 0 Å². The maximum atomic E-state index is 12.9. The van der Waals surface area contributed by atoms with Crippen molar-refractivity contribution in [1.29, 1.82) is 0 Å². The quantitative estimate of drug-likeness (QED) is 0.707. The molecule has 0 saturated carbocycles. The lowest BCUT2D eigenvalue weighted by atomic mass is 9.96. The number of methoxy groups -OCH3 is 1. The molecule has 5 nitrogen and oxygen atoms in total. The topological polar surface area (TPSA) is 68.3 Å². The third-order valence-corrected chi connectivity index (χ3v) is 4.72. The first kappa shape index (κ1) is 18.6. The van der Waals surface area contributed by atoms with Gasteiger partial charge in [-0.25, -0.2) is 4.79 Å². The van der Waals surface area contributed by atoms with Crippen LogP contribution in [0.5, 0.6) is 0 Å². The SMILES string of the molecule is COC(=O)[C@H](Cc1c(C)cccc1C)NC(=O)c1cccc2cccnc12. The van der Waals surface area contributed by atoms with Crippen LogP contribution in [0.25, 0.3) is 10.9 Å². The van der Waals surface area contributed by atoms with Gasteiger partial charge in [0.25, 0.3) is 5.91 Å². The number of carbonyl (C=O) groups is 2. The van der Waals surface area contributed by atoms with Gasteiger partial charge in [0.15, 0.2) is 0 Å². The van der Waals surface area contributed by atoms with Gasteiger partial charge >= 0.3 is 5.97 Å². The molecular formula is C22H22N2O3. The van der Waals surface area contributed by atoms with E-state index in [0.29, 0.717) is 17.5 Å². The van der Waals surface area contributed by atoms with Gasteiger partial charge in [0, 0.05) is 18.0 Å². The number of fused-ring (bicyclic) bond motifs is 1. The number of benzene rings is 2. The van der Waals surface area contributed by atoms with Gasteiger partial charge < -0.3 is 10.1 Å². The van der Waals surface area contributed by atoms with Crippen molar-refractivity contribution in [3.63, 3.8) is 0 Å². The summed E-state index contributed by atoms with van der Waals surface area (Å²) in [5, 5.41) is 3.70. The average Bonchev–Trinajstić information content (AvgIpc) is 2.68. The van der Waals surface area contributed by atoms with Crippen molar-refractivity contribution in [2.24, 2.45) is 0 Å². The van der Waals surface area contributed by atoms with Gasteiger partial charge in [-0.2, -0.15) is 0 Å². The average molecular weight is 362 g/mol. The molecule has 1 N–H and O–H groups in total. The van der Waals surface area contributed by atoms with Crippen molar-refractivity contribution in [2.75, 3.05) is 7.11 Å². The number of esters is 1. The van der Waals surface area contributed by atoms with Crippen molar-refractivity contribution in [1.82, 2.24) is 10.3 Å².